The third-order valence-corrected chi connectivity index (χ3v) is 6.36. The van der Waals surface area contributed by atoms with Crippen molar-refractivity contribution in [2.24, 2.45) is 10.8 Å². The van der Waals surface area contributed by atoms with Crippen LogP contribution in [0.25, 0.3) is 0 Å². The predicted octanol–water partition coefficient (Wildman–Crippen LogP) is 5.47. The standard InChI is InChI=1S/C23H41NO2/c1-5-12-23(26,19-24-17-9-11-20(24)25)16-8-6-7-14-22(4)15-10-13-21(2,3)18-22/h10,13,26H,5-9,11-12,14-19H2,1-4H3/t22-,23+/m0/s1. The third kappa shape index (κ3) is 6.40. The van der Waals surface area contributed by atoms with Gasteiger partial charge in [-0.05, 0) is 49.4 Å². The molecule has 2 rings (SSSR count). The van der Waals surface area contributed by atoms with Crippen molar-refractivity contribution >= 4 is 5.91 Å². The number of nitrogens with zero attached hydrogens (tertiary/aromatic N) is 1. The summed E-state index contributed by atoms with van der Waals surface area (Å²) in [5.74, 6) is 0.223. The minimum atomic E-state index is -0.686. The largest absolute Gasteiger partial charge is 0.388 e. The van der Waals surface area contributed by atoms with E-state index >= 15 is 0 Å². The predicted molar refractivity (Wildman–Crippen MR) is 109 cm³/mol. The molecule has 0 radical (unpaired) electrons. The molecule has 0 spiro atoms. The van der Waals surface area contributed by atoms with Crippen molar-refractivity contribution in [1.29, 1.82) is 0 Å². The van der Waals surface area contributed by atoms with Gasteiger partial charge in [-0.2, -0.15) is 0 Å². The number of carbonyl (C=O) groups excluding carboxylic acids is 1. The van der Waals surface area contributed by atoms with Gasteiger partial charge in [0, 0.05) is 19.5 Å². The van der Waals surface area contributed by atoms with Crippen LogP contribution in [0.5, 0.6) is 0 Å². The van der Waals surface area contributed by atoms with Gasteiger partial charge >= 0.3 is 0 Å². The zero-order valence-corrected chi connectivity index (χ0v) is 17.6. The van der Waals surface area contributed by atoms with Crippen LogP contribution >= 0.6 is 0 Å². The molecule has 2 aliphatic rings. The molecular formula is C23H41NO2. The van der Waals surface area contributed by atoms with Gasteiger partial charge in [0.15, 0.2) is 0 Å². The number of amides is 1. The van der Waals surface area contributed by atoms with Gasteiger partial charge in [-0.25, -0.2) is 0 Å². The maximum Gasteiger partial charge on any atom is 0.222 e. The van der Waals surface area contributed by atoms with E-state index in [1.807, 2.05) is 4.90 Å². The minimum absolute atomic E-state index is 0.223. The Balaban J connectivity index is 1.74. The van der Waals surface area contributed by atoms with Crippen molar-refractivity contribution in [3.05, 3.63) is 12.2 Å². The minimum Gasteiger partial charge on any atom is -0.388 e. The summed E-state index contributed by atoms with van der Waals surface area (Å²) in [6.45, 7) is 10.6. The molecule has 0 unspecified atom stereocenters. The summed E-state index contributed by atoms with van der Waals surface area (Å²) < 4.78 is 0. The van der Waals surface area contributed by atoms with Gasteiger partial charge in [-0.3, -0.25) is 4.79 Å². The van der Waals surface area contributed by atoms with Crippen LogP contribution in [-0.2, 0) is 4.79 Å². The highest BCUT2D eigenvalue weighted by Gasteiger charge is 2.34. The van der Waals surface area contributed by atoms with Gasteiger partial charge in [0.1, 0.15) is 0 Å². The Kier molecular flexibility index (Phi) is 7.35. The molecule has 0 aromatic carbocycles. The Morgan fingerprint density at radius 1 is 1.19 bits per heavy atom. The number of likely N-dealkylation sites (tertiary alicyclic amines) is 1. The molecule has 3 nitrogen and oxygen atoms in total. The van der Waals surface area contributed by atoms with Crippen molar-refractivity contribution < 1.29 is 9.90 Å². The summed E-state index contributed by atoms with van der Waals surface area (Å²) >= 11 is 0. The Hall–Kier alpha value is -0.830. The second kappa shape index (κ2) is 8.91. The average molecular weight is 364 g/mol. The summed E-state index contributed by atoms with van der Waals surface area (Å²) in [6.07, 6.45) is 16.2. The second-order valence-electron chi connectivity index (χ2n) is 10.0. The van der Waals surface area contributed by atoms with E-state index in [0.29, 0.717) is 23.8 Å². The van der Waals surface area contributed by atoms with E-state index in [4.69, 9.17) is 0 Å². The van der Waals surface area contributed by atoms with E-state index in [2.05, 4.69) is 39.8 Å². The molecule has 26 heavy (non-hydrogen) atoms. The van der Waals surface area contributed by atoms with E-state index in [0.717, 1.165) is 38.6 Å². The molecule has 0 saturated carbocycles. The first-order chi connectivity index (χ1) is 12.2. The van der Waals surface area contributed by atoms with E-state index in [9.17, 15) is 9.90 Å². The number of hydrogen-bond acceptors (Lipinski definition) is 2. The monoisotopic (exact) mass is 363 g/mol. The Labute approximate surface area is 161 Å². The summed E-state index contributed by atoms with van der Waals surface area (Å²) in [7, 11) is 0. The van der Waals surface area contributed by atoms with Crippen LogP contribution in [0.4, 0.5) is 0 Å². The lowest BCUT2D eigenvalue weighted by Crippen LogP contribution is -2.43. The van der Waals surface area contributed by atoms with Crippen molar-refractivity contribution in [2.45, 2.75) is 104 Å². The fourth-order valence-corrected chi connectivity index (χ4v) is 5.24. The Morgan fingerprint density at radius 3 is 2.58 bits per heavy atom. The van der Waals surface area contributed by atoms with Crippen LogP contribution in [0, 0.1) is 10.8 Å². The molecule has 1 fully saturated rings. The summed E-state index contributed by atoms with van der Waals surface area (Å²) in [5, 5.41) is 11.1. The number of carbonyl (C=O) groups is 1. The first-order valence-corrected chi connectivity index (χ1v) is 10.8. The third-order valence-electron chi connectivity index (χ3n) is 6.36. The van der Waals surface area contributed by atoms with E-state index in [1.54, 1.807) is 0 Å². The van der Waals surface area contributed by atoms with Crippen LogP contribution in [0.2, 0.25) is 0 Å². The van der Waals surface area contributed by atoms with Gasteiger partial charge in [0.05, 0.1) is 5.60 Å². The topological polar surface area (TPSA) is 40.5 Å². The molecular weight excluding hydrogens is 322 g/mol. The first kappa shape index (κ1) is 21.5. The van der Waals surface area contributed by atoms with Crippen LogP contribution in [0.15, 0.2) is 12.2 Å². The molecule has 1 heterocycles. The van der Waals surface area contributed by atoms with Gasteiger partial charge in [0.25, 0.3) is 0 Å². The number of allylic oxidation sites excluding steroid dienone is 2. The molecule has 3 heteroatoms. The lowest BCUT2D eigenvalue weighted by Gasteiger charge is -2.39. The van der Waals surface area contributed by atoms with Gasteiger partial charge < -0.3 is 10.0 Å². The van der Waals surface area contributed by atoms with Crippen molar-refractivity contribution in [1.82, 2.24) is 4.90 Å². The van der Waals surface area contributed by atoms with Gasteiger partial charge in [-0.1, -0.05) is 65.5 Å². The van der Waals surface area contributed by atoms with Gasteiger partial charge in [-0.15, -0.1) is 0 Å². The lowest BCUT2D eigenvalue weighted by atomic mass is 9.66. The summed E-state index contributed by atoms with van der Waals surface area (Å²) in [6, 6.07) is 0. The van der Waals surface area contributed by atoms with E-state index in [1.165, 1.54) is 32.1 Å². The molecule has 1 N–H and O–H groups in total. The number of rotatable bonds is 10. The number of hydrogen-bond donors (Lipinski definition) is 1. The molecule has 1 amide bonds. The zero-order valence-electron chi connectivity index (χ0n) is 17.6. The molecule has 0 aromatic heterocycles. The molecule has 150 valence electrons. The van der Waals surface area contributed by atoms with Gasteiger partial charge in [0.2, 0.25) is 5.91 Å². The highest BCUT2D eigenvalue weighted by molar-refractivity contribution is 5.78. The summed E-state index contributed by atoms with van der Waals surface area (Å²) in [5.41, 5.74) is 0.0742. The Morgan fingerprint density at radius 2 is 1.96 bits per heavy atom. The SMILES string of the molecule is CCC[C@@](O)(CCCCC[C@@]1(C)CC=CC(C)(C)C1)CN1CCCC1=O. The van der Waals surface area contributed by atoms with Crippen LogP contribution in [-0.4, -0.2) is 34.6 Å². The zero-order chi connectivity index (χ0) is 19.3. The second-order valence-corrected chi connectivity index (χ2v) is 10.0. The lowest BCUT2D eigenvalue weighted by molar-refractivity contribution is -0.131. The molecule has 0 bridgehead atoms. The molecule has 0 aromatic rings. The highest BCUT2D eigenvalue weighted by atomic mass is 16.3. The highest BCUT2D eigenvalue weighted by Crippen LogP contribution is 2.45. The molecule has 1 aliphatic carbocycles. The van der Waals surface area contributed by atoms with Crippen LogP contribution in [0.1, 0.15) is 98.3 Å². The molecule has 2 atom stereocenters. The van der Waals surface area contributed by atoms with E-state index < -0.39 is 5.60 Å². The average Bonchev–Trinajstić information content (AvgIpc) is 2.90. The van der Waals surface area contributed by atoms with Crippen LogP contribution in [0.3, 0.4) is 0 Å². The normalized spacial score (nSPS) is 27.7. The van der Waals surface area contributed by atoms with Crippen molar-refractivity contribution in [3.63, 3.8) is 0 Å². The quantitative estimate of drug-likeness (QED) is 0.413. The Bertz CT molecular complexity index is 498. The summed E-state index contributed by atoms with van der Waals surface area (Å²) in [4.78, 5) is 13.8. The van der Waals surface area contributed by atoms with Crippen molar-refractivity contribution in [3.8, 4) is 0 Å². The number of aliphatic hydroxyl groups is 1. The molecule has 1 saturated heterocycles. The maximum absolute atomic E-state index is 11.9. The maximum atomic E-state index is 11.9. The first-order valence-electron chi connectivity index (χ1n) is 10.8. The molecule has 1 aliphatic heterocycles. The van der Waals surface area contributed by atoms with Crippen molar-refractivity contribution in [2.75, 3.05) is 13.1 Å². The fourth-order valence-electron chi connectivity index (χ4n) is 5.24. The number of β-amino-alcohol motifs (C(OH)–C–C–N with tert-alkyl or cyclic N) is 1. The van der Waals surface area contributed by atoms with E-state index in [-0.39, 0.29) is 5.91 Å². The van der Waals surface area contributed by atoms with Crippen LogP contribution < -0.4 is 0 Å². The smallest absolute Gasteiger partial charge is 0.222 e. The fraction of sp³-hybridized carbons (Fsp3) is 0.870. The number of unbranched alkanes of at least 4 members (excludes halogenated alkanes) is 2.